The van der Waals surface area contributed by atoms with E-state index in [-0.39, 0.29) is 39.1 Å². The van der Waals surface area contributed by atoms with Gasteiger partial charge in [-0.2, -0.15) is 0 Å². The Kier molecular flexibility index (Phi) is 3.97. The molecule has 10 atom stereocenters. The van der Waals surface area contributed by atoms with Crippen LogP contribution in [0.4, 0.5) is 0 Å². The summed E-state index contributed by atoms with van der Waals surface area (Å²) in [5.41, 5.74) is 1.80. The Hall–Kier alpha value is -0.830. The van der Waals surface area contributed by atoms with Crippen molar-refractivity contribution < 1.29 is 15.0 Å². The zero-order chi connectivity index (χ0) is 23.1. The number of carboxylic acids is 1. The van der Waals surface area contributed by atoms with Gasteiger partial charge in [0.1, 0.15) is 0 Å². The second kappa shape index (κ2) is 5.86. The van der Waals surface area contributed by atoms with Gasteiger partial charge in [0.25, 0.3) is 0 Å². The average Bonchev–Trinajstić information content (AvgIpc) is 3.08. The molecule has 32 heavy (non-hydrogen) atoms. The van der Waals surface area contributed by atoms with Crippen LogP contribution in [0.15, 0.2) is 11.6 Å². The fraction of sp³-hybridized carbons (Fsp3) is 0.897. The van der Waals surface area contributed by atoms with Gasteiger partial charge in [0.05, 0.1) is 11.5 Å². The van der Waals surface area contributed by atoms with Crippen molar-refractivity contribution >= 4 is 5.97 Å². The molecular weight excluding hydrogens is 396 g/mol. The van der Waals surface area contributed by atoms with Gasteiger partial charge < -0.3 is 10.2 Å². The minimum absolute atomic E-state index is 0.0230. The monoisotopic (exact) mass is 440 g/mol. The van der Waals surface area contributed by atoms with E-state index >= 15 is 0 Å². The fourth-order valence-corrected chi connectivity index (χ4v) is 11.8. The highest BCUT2D eigenvalue weighted by atomic mass is 16.4. The summed E-state index contributed by atoms with van der Waals surface area (Å²) < 4.78 is 0. The molecule has 3 heteroatoms. The van der Waals surface area contributed by atoms with Crippen LogP contribution in [0.2, 0.25) is 0 Å². The Balaban J connectivity index is 1.47. The zero-order valence-electron chi connectivity index (χ0n) is 21.1. The second-order valence-corrected chi connectivity index (χ2v) is 14.7. The van der Waals surface area contributed by atoms with Crippen molar-refractivity contribution in [1.82, 2.24) is 0 Å². The van der Waals surface area contributed by atoms with Gasteiger partial charge in [0.2, 0.25) is 0 Å². The van der Waals surface area contributed by atoms with Gasteiger partial charge in [-0.05, 0) is 109 Å². The molecule has 5 fully saturated rings. The number of carboxylic acid groups (broad SMARTS) is 1. The number of aliphatic hydroxyl groups is 1. The number of allylic oxidation sites excluding steroid dienone is 2. The normalized spacial score (nSPS) is 59.6. The molecule has 0 saturated heterocycles. The second-order valence-electron chi connectivity index (χ2n) is 14.7. The van der Waals surface area contributed by atoms with Crippen LogP contribution >= 0.6 is 0 Å². The topological polar surface area (TPSA) is 57.5 Å². The van der Waals surface area contributed by atoms with E-state index in [1.54, 1.807) is 0 Å². The van der Waals surface area contributed by atoms with E-state index in [9.17, 15) is 15.0 Å². The van der Waals surface area contributed by atoms with Crippen molar-refractivity contribution in [2.45, 2.75) is 105 Å². The van der Waals surface area contributed by atoms with E-state index in [1.807, 2.05) is 0 Å². The van der Waals surface area contributed by atoms with Gasteiger partial charge >= 0.3 is 5.97 Å². The third-order valence-electron chi connectivity index (χ3n) is 13.7. The fourth-order valence-electron chi connectivity index (χ4n) is 11.8. The summed E-state index contributed by atoms with van der Waals surface area (Å²) >= 11 is 0. The predicted octanol–water partition coefficient (Wildman–Crippen LogP) is 6.45. The third kappa shape index (κ3) is 2.05. The number of aliphatic hydroxyl groups excluding tert-OH is 1. The maximum absolute atomic E-state index is 12.8. The molecule has 1 unspecified atom stereocenters. The third-order valence-corrected chi connectivity index (χ3v) is 13.7. The lowest BCUT2D eigenvalue weighted by atomic mass is 9.34. The van der Waals surface area contributed by atoms with Crippen LogP contribution in [0.25, 0.3) is 0 Å². The first-order chi connectivity index (χ1) is 14.8. The number of carbonyl (C=O) groups is 1. The van der Waals surface area contributed by atoms with Gasteiger partial charge in [0, 0.05) is 0 Å². The van der Waals surface area contributed by atoms with Crippen molar-refractivity contribution in [2.24, 2.45) is 56.2 Å². The van der Waals surface area contributed by atoms with E-state index in [4.69, 9.17) is 0 Å². The van der Waals surface area contributed by atoms with Gasteiger partial charge in [-0.3, -0.25) is 4.79 Å². The summed E-state index contributed by atoms with van der Waals surface area (Å²) in [6.45, 7) is 14.7. The zero-order valence-corrected chi connectivity index (χ0v) is 21.1. The first-order valence-corrected chi connectivity index (χ1v) is 13.4. The van der Waals surface area contributed by atoms with Crippen molar-refractivity contribution in [3.8, 4) is 0 Å². The lowest BCUT2D eigenvalue weighted by Gasteiger charge is -2.70. The highest BCUT2D eigenvalue weighted by Gasteiger charge is 2.77. The summed E-state index contributed by atoms with van der Waals surface area (Å²) in [4.78, 5) is 12.8. The molecule has 0 aliphatic heterocycles. The van der Waals surface area contributed by atoms with Crippen LogP contribution in [-0.2, 0) is 4.79 Å². The van der Waals surface area contributed by atoms with Crippen LogP contribution in [0.1, 0.15) is 99.3 Å². The van der Waals surface area contributed by atoms with Gasteiger partial charge in [-0.15, -0.1) is 0 Å². The number of hydrogen-bond acceptors (Lipinski definition) is 2. The summed E-state index contributed by atoms with van der Waals surface area (Å²) in [5, 5.41) is 21.4. The quantitative estimate of drug-likeness (QED) is 0.460. The maximum Gasteiger partial charge on any atom is 0.310 e. The van der Waals surface area contributed by atoms with E-state index in [0.29, 0.717) is 17.8 Å². The van der Waals surface area contributed by atoms with Gasteiger partial charge in [0.15, 0.2) is 0 Å². The molecule has 0 aromatic heterocycles. The molecule has 6 aliphatic rings. The van der Waals surface area contributed by atoms with Crippen molar-refractivity contribution in [2.75, 3.05) is 0 Å². The smallest absolute Gasteiger partial charge is 0.310 e. The molecule has 0 aromatic carbocycles. The predicted molar refractivity (Wildman–Crippen MR) is 126 cm³/mol. The van der Waals surface area contributed by atoms with Crippen LogP contribution in [-0.4, -0.2) is 22.3 Å². The van der Waals surface area contributed by atoms with Crippen molar-refractivity contribution in [3.05, 3.63) is 11.6 Å². The molecule has 3 nitrogen and oxygen atoms in total. The molecule has 5 saturated carbocycles. The summed E-state index contributed by atoms with van der Waals surface area (Å²) in [7, 11) is 0. The highest BCUT2D eigenvalue weighted by molar-refractivity contribution is 5.78. The number of fused-ring (bicyclic) bond motifs is 6. The standard InChI is InChI=1S/C29H44O3/c1-24(2)19-9-12-27(5)20(26(19,4)11-10-22(24)30)8-7-17-18-15-25(3)13-14-29(18,23(31)32)21(25)16-28(17,27)6/h7,18-22,30H,8-16H2,1-6H3,(H,31,32)/t18-,19-,20+,21?,22-,25-,26-,27+,28+,29+/m0/s1. The lowest BCUT2D eigenvalue weighted by molar-refractivity contribution is -0.204. The first-order valence-electron chi connectivity index (χ1n) is 13.4. The van der Waals surface area contributed by atoms with Crippen LogP contribution < -0.4 is 0 Å². The largest absolute Gasteiger partial charge is 0.481 e. The van der Waals surface area contributed by atoms with E-state index in [2.05, 4.69) is 47.6 Å². The Bertz CT molecular complexity index is 919. The number of rotatable bonds is 1. The Morgan fingerprint density at radius 3 is 2.31 bits per heavy atom. The van der Waals surface area contributed by atoms with E-state index in [0.717, 1.165) is 44.9 Å². The Morgan fingerprint density at radius 1 is 0.906 bits per heavy atom. The lowest BCUT2D eigenvalue weighted by Crippen LogP contribution is -2.64. The summed E-state index contributed by atoms with van der Waals surface area (Å²) in [6, 6.07) is 0. The first kappa shape index (κ1) is 21.7. The highest BCUT2D eigenvalue weighted by Crippen LogP contribution is 2.82. The maximum atomic E-state index is 12.8. The molecule has 2 N–H and O–H groups in total. The summed E-state index contributed by atoms with van der Waals surface area (Å²) in [5.74, 6) is 1.25. The molecular formula is C29H44O3. The van der Waals surface area contributed by atoms with E-state index in [1.165, 1.54) is 18.4 Å². The van der Waals surface area contributed by atoms with Gasteiger partial charge in [-0.1, -0.05) is 53.2 Å². The Morgan fingerprint density at radius 2 is 1.62 bits per heavy atom. The van der Waals surface area contributed by atoms with Crippen molar-refractivity contribution in [1.29, 1.82) is 0 Å². The summed E-state index contributed by atoms with van der Waals surface area (Å²) in [6.07, 6.45) is 12.1. The molecule has 0 aromatic rings. The minimum atomic E-state index is -0.511. The SMILES string of the molecule is CC1(C)[C@@H](O)CC[C@]2(C)[C@H]3CC=C4[C@@H]5C[C@]6(C)CC[C@]5(C(=O)O)C6C[C@@]4(C)[C@]3(C)CC[C@@H]12. The molecule has 178 valence electrons. The van der Waals surface area contributed by atoms with Crippen molar-refractivity contribution in [3.63, 3.8) is 0 Å². The molecule has 4 bridgehead atoms. The number of aliphatic carboxylic acids is 1. The molecule has 6 aliphatic carbocycles. The van der Waals surface area contributed by atoms with Crippen LogP contribution in [0.5, 0.6) is 0 Å². The van der Waals surface area contributed by atoms with Gasteiger partial charge in [-0.25, -0.2) is 0 Å². The molecule has 0 spiro atoms. The van der Waals surface area contributed by atoms with Crippen LogP contribution in [0, 0.1) is 56.2 Å². The molecule has 0 heterocycles. The van der Waals surface area contributed by atoms with Crippen LogP contribution in [0.3, 0.4) is 0 Å². The molecule has 0 radical (unpaired) electrons. The Labute approximate surface area is 194 Å². The molecule has 6 rings (SSSR count). The minimum Gasteiger partial charge on any atom is -0.481 e. The number of hydrogen-bond donors (Lipinski definition) is 2. The van der Waals surface area contributed by atoms with E-state index < -0.39 is 11.4 Å². The average molecular weight is 441 g/mol. The molecule has 0 amide bonds.